The molecule has 0 saturated carbocycles. The molecule has 1 fully saturated rings. The highest BCUT2D eigenvalue weighted by Gasteiger charge is 2.49. The lowest BCUT2D eigenvalue weighted by Crippen LogP contribution is -2.71. The Hall–Kier alpha value is -2.08. The highest BCUT2D eigenvalue weighted by molar-refractivity contribution is 6.06. The quantitative estimate of drug-likeness (QED) is 0.805. The van der Waals surface area contributed by atoms with Crippen LogP contribution in [-0.2, 0) is 14.3 Å². The molecule has 1 aliphatic heterocycles. The third kappa shape index (κ3) is 2.39. The molecule has 1 aliphatic rings. The lowest BCUT2D eigenvalue weighted by molar-refractivity contribution is -0.140. The van der Waals surface area contributed by atoms with Gasteiger partial charge in [-0.3, -0.25) is 14.5 Å². The van der Waals surface area contributed by atoms with E-state index in [1.807, 2.05) is 0 Å². The van der Waals surface area contributed by atoms with Gasteiger partial charge in [0.05, 0.1) is 7.11 Å². The Bertz CT molecular complexity index is 486. The Morgan fingerprint density at radius 1 is 1.26 bits per heavy atom. The van der Waals surface area contributed by atoms with Crippen LogP contribution in [0.25, 0.3) is 0 Å². The number of hydrogen-bond donors (Lipinski definition) is 1. The Morgan fingerprint density at radius 2 is 1.89 bits per heavy atom. The number of amides is 2. The molecule has 1 aromatic carbocycles. The van der Waals surface area contributed by atoms with Crippen molar-refractivity contribution in [1.29, 1.82) is 0 Å². The van der Waals surface area contributed by atoms with E-state index in [1.165, 1.54) is 18.9 Å². The van der Waals surface area contributed by atoms with E-state index < -0.39 is 12.3 Å². The summed E-state index contributed by atoms with van der Waals surface area (Å²) in [6, 6.07) is 6.45. The van der Waals surface area contributed by atoms with Crippen LogP contribution in [0.1, 0.15) is 6.92 Å². The normalized spacial score (nSPS) is 21.8. The van der Waals surface area contributed by atoms with Crippen molar-refractivity contribution in [2.45, 2.75) is 19.2 Å². The highest BCUT2D eigenvalue weighted by Crippen LogP contribution is 2.30. The van der Waals surface area contributed by atoms with Crippen molar-refractivity contribution < 1.29 is 19.1 Å². The Labute approximate surface area is 111 Å². The minimum atomic E-state index is -0.621. The number of β-lactam (4-membered cyclic amide) rings is 1. The monoisotopic (exact) mass is 264 g/mol. The molecule has 2 atom stereocenters. The van der Waals surface area contributed by atoms with Crippen LogP contribution in [0.2, 0.25) is 0 Å². The minimum Gasteiger partial charge on any atom is -0.497 e. The van der Waals surface area contributed by atoms with Crippen molar-refractivity contribution in [1.82, 2.24) is 5.32 Å². The van der Waals surface area contributed by atoms with Gasteiger partial charge in [0.25, 0.3) is 5.91 Å². The van der Waals surface area contributed by atoms with Gasteiger partial charge in [0, 0.05) is 19.7 Å². The molecular weight excluding hydrogens is 248 g/mol. The molecule has 6 nitrogen and oxygen atoms in total. The van der Waals surface area contributed by atoms with Gasteiger partial charge in [0.15, 0.2) is 12.3 Å². The van der Waals surface area contributed by atoms with E-state index in [0.717, 1.165) is 0 Å². The summed E-state index contributed by atoms with van der Waals surface area (Å²) < 4.78 is 10.3. The lowest BCUT2D eigenvalue weighted by Gasteiger charge is -2.45. The van der Waals surface area contributed by atoms with Crippen LogP contribution in [0.15, 0.2) is 24.3 Å². The SMILES string of the molecule is COc1ccc(N2C(=O)C(NC(C)=O)C2OC)cc1. The molecule has 2 unspecified atom stereocenters. The van der Waals surface area contributed by atoms with Crippen molar-refractivity contribution in [3.63, 3.8) is 0 Å². The van der Waals surface area contributed by atoms with Crippen molar-refractivity contribution in [3.8, 4) is 5.75 Å². The van der Waals surface area contributed by atoms with Crippen molar-refractivity contribution in [3.05, 3.63) is 24.3 Å². The summed E-state index contributed by atoms with van der Waals surface area (Å²) in [6.45, 7) is 1.37. The zero-order valence-electron chi connectivity index (χ0n) is 11.0. The van der Waals surface area contributed by atoms with E-state index in [9.17, 15) is 9.59 Å². The Morgan fingerprint density at radius 3 is 2.37 bits per heavy atom. The number of nitrogens with zero attached hydrogens (tertiary/aromatic N) is 1. The number of carbonyl (C=O) groups is 2. The van der Waals surface area contributed by atoms with Crippen LogP contribution < -0.4 is 15.0 Å². The molecule has 0 radical (unpaired) electrons. The van der Waals surface area contributed by atoms with Crippen LogP contribution in [-0.4, -0.2) is 38.3 Å². The van der Waals surface area contributed by atoms with E-state index >= 15 is 0 Å². The third-order valence-corrected chi connectivity index (χ3v) is 2.99. The van der Waals surface area contributed by atoms with E-state index in [2.05, 4.69) is 5.32 Å². The molecule has 0 aromatic heterocycles. The molecule has 2 amide bonds. The van der Waals surface area contributed by atoms with E-state index in [1.54, 1.807) is 31.4 Å². The van der Waals surface area contributed by atoms with E-state index in [4.69, 9.17) is 9.47 Å². The molecule has 0 aliphatic carbocycles. The maximum atomic E-state index is 12.0. The summed E-state index contributed by atoms with van der Waals surface area (Å²) in [7, 11) is 3.08. The lowest BCUT2D eigenvalue weighted by atomic mass is 10.0. The van der Waals surface area contributed by atoms with Gasteiger partial charge in [-0.2, -0.15) is 0 Å². The molecule has 19 heavy (non-hydrogen) atoms. The van der Waals surface area contributed by atoms with E-state index in [-0.39, 0.29) is 11.8 Å². The molecule has 0 bridgehead atoms. The van der Waals surface area contributed by atoms with Crippen molar-refractivity contribution in [2.24, 2.45) is 0 Å². The van der Waals surface area contributed by atoms with Gasteiger partial charge >= 0.3 is 0 Å². The summed E-state index contributed by atoms with van der Waals surface area (Å²) in [6.07, 6.45) is -0.482. The number of ether oxygens (including phenoxy) is 2. The number of carbonyl (C=O) groups excluding carboxylic acids is 2. The molecule has 2 rings (SSSR count). The average Bonchev–Trinajstić information content (AvgIpc) is 2.42. The fourth-order valence-electron chi connectivity index (χ4n) is 2.07. The summed E-state index contributed by atoms with van der Waals surface area (Å²) in [4.78, 5) is 24.5. The predicted octanol–water partition coefficient (Wildman–Crippen LogP) is 0.519. The zero-order valence-corrected chi connectivity index (χ0v) is 11.0. The minimum absolute atomic E-state index is 0.188. The van der Waals surface area contributed by atoms with Gasteiger partial charge in [-0.25, -0.2) is 0 Å². The zero-order chi connectivity index (χ0) is 14.0. The first-order valence-corrected chi connectivity index (χ1v) is 5.85. The van der Waals surface area contributed by atoms with Crippen molar-refractivity contribution in [2.75, 3.05) is 19.1 Å². The second-order valence-electron chi connectivity index (χ2n) is 4.21. The average molecular weight is 264 g/mol. The van der Waals surface area contributed by atoms with Gasteiger partial charge in [-0.15, -0.1) is 0 Å². The second kappa shape index (κ2) is 5.27. The molecule has 0 spiro atoms. The van der Waals surface area contributed by atoms with E-state index in [0.29, 0.717) is 11.4 Å². The maximum Gasteiger partial charge on any atom is 0.256 e. The number of methoxy groups -OCH3 is 2. The number of anilines is 1. The largest absolute Gasteiger partial charge is 0.497 e. The predicted molar refractivity (Wildman–Crippen MR) is 68.9 cm³/mol. The second-order valence-corrected chi connectivity index (χ2v) is 4.21. The Balaban J connectivity index is 2.16. The van der Waals surface area contributed by atoms with Crippen LogP contribution in [0, 0.1) is 0 Å². The van der Waals surface area contributed by atoms with Gasteiger partial charge < -0.3 is 14.8 Å². The number of benzene rings is 1. The molecule has 102 valence electrons. The first kappa shape index (κ1) is 13.4. The number of hydrogen-bond acceptors (Lipinski definition) is 4. The van der Waals surface area contributed by atoms with Gasteiger partial charge in [-0.1, -0.05) is 0 Å². The topological polar surface area (TPSA) is 67.9 Å². The van der Waals surface area contributed by atoms with Crippen LogP contribution >= 0.6 is 0 Å². The van der Waals surface area contributed by atoms with Crippen LogP contribution in [0.3, 0.4) is 0 Å². The van der Waals surface area contributed by atoms with Gasteiger partial charge in [-0.05, 0) is 24.3 Å². The standard InChI is InChI=1S/C13H16N2O4/c1-8(16)14-11-12(17)15(13(11)19-3)9-4-6-10(18-2)7-5-9/h4-7,11,13H,1-3H3,(H,14,16). The molecular formula is C13H16N2O4. The third-order valence-electron chi connectivity index (χ3n) is 2.99. The molecule has 1 saturated heterocycles. The molecule has 1 N–H and O–H groups in total. The first-order valence-electron chi connectivity index (χ1n) is 5.85. The summed E-state index contributed by atoms with van der Waals surface area (Å²) in [5.74, 6) is 0.270. The molecule has 1 aromatic rings. The smallest absolute Gasteiger partial charge is 0.256 e. The molecule has 1 heterocycles. The fourth-order valence-corrected chi connectivity index (χ4v) is 2.07. The summed E-state index contributed by atoms with van der Waals surface area (Å²) in [5, 5.41) is 2.57. The van der Waals surface area contributed by atoms with Crippen LogP contribution in [0.4, 0.5) is 5.69 Å². The summed E-state index contributed by atoms with van der Waals surface area (Å²) >= 11 is 0. The van der Waals surface area contributed by atoms with Crippen LogP contribution in [0.5, 0.6) is 5.75 Å². The van der Waals surface area contributed by atoms with Gasteiger partial charge in [0.1, 0.15) is 5.75 Å². The molecule has 6 heteroatoms. The fraction of sp³-hybridized carbons (Fsp3) is 0.385. The maximum absolute atomic E-state index is 12.0. The van der Waals surface area contributed by atoms with Crippen molar-refractivity contribution >= 4 is 17.5 Å². The highest BCUT2D eigenvalue weighted by atomic mass is 16.5. The summed E-state index contributed by atoms with van der Waals surface area (Å²) in [5.41, 5.74) is 0.708. The van der Waals surface area contributed by atoms with Gasteiger partial charge in [0.2, 0.25) is 5.91 Å². The number of nitrogens with one attached hydrogen (secondary N) is 1. The Kier molecular flexibility index (Phi) is 3.71. The first-order chi connectivity index (χ1) is 9.08. The number of rotatable bonds is 4.